The average molecular weight is 160 g/mol. The Morgan fingerprint density at radius 1 is 1.25 bits per heavy atom. The molecule has 0 saturated carbocycles. The van der Waals surface area contributed by atoms with Gasteiger partial charge in [-0.2, -0.15) is 0 Å². The molecule has 3 heteroatoms. The molecule has 2 heterocycles. The van der Waals surface area contributed by atoms with Crippen LogP contribution < -0.4 is 0 Å². The van der Waals surface area contributed by atoms with E-state index < -0.39 is 0 Å². The van der Waals surface area contributed by atoms with Gasteiger partial charge in [-0.3, -0.25) is 9.36 Å². The molecule has 0 spiro atoms. The first-order chi connectivity index (χ1) is 5.88. The SMILES string of the molecule is O=C(c1ccc[nH]1)n1cccc1. The maximum Gasteiger partial charge on any atom is 0.278 e. The van der Waals surface area contributed by atoms with Gasteiger partial charge in [-0.15, -0.1) is 0 Å². The smallest absolute Gasteiger partial charge is 0.278 e. The first-order valence-electron chi connectivity index (χ1n) is 3.69. The molecule has 0 aromatic carbocycles. The van der Waals surface area contributed by atoms with Crippen molar-refractivity contribution in [2.75, 3.05) is 0 Å². The molecule has 0 fully saturated rings. The second-order valence-corrected chi connectivity index (χ2v) is 2.48. The quantitative estimate of drug-likeness (QED) is 0.674. The zero-order valence-corrected chi connectivity index (χ0v) is 6.40. The van der Waals surface area contributed by atoms with E-state index in [9.17, 15) is 4.79 Å². The van der Waals surface area contributed by atoms with E-state index in [1.165, 1.54) is 4.57 Å². The topological polar surface area (TPSA) is 37.8 Å². The Hall–Kier alpha value is -1.77. The third-order valence-electron chi connectivity index (χ3n) is 1.67. The number of hydrogen-bond acceptors (Lipinski definition) is 1. The Kier molecular flexibility index (Phi) is 1.55. The van der Waals surface area contributed by atoms with Crippen molar-refractivity contribution < 1.29 is 4.79 Å². The molecule has 0 aliphatic carbocycles. The predicted molar refractivity (Wildman–Crippen MR) is 45.0 cm³/mol. The summed E-state index contributed by atoms with van der Waals surface area (Å²) < 4.78 is 1.53. The number of hydrogen-bond donors (Lipinski definition) is 1. The Labute approximate surface area is 69.6 Å². The van der Waals surface area contributed by atoms with Crippen molar-refractivity contribution in [3.8, 4) is 0 Å². The second-order valence-electron chi connectivity index (χ2n) is 2.48. The van der Waals surface area contributed by atoms with Gasteiger partial charge in [0.05, 0.1) is 0 Å². The van der Waals surface area contributed by atoms with E-state index in [-0.39, 0.29) is 5.91 Å². The molecule has 2 aromatic rings. The van der Waals surface area contributed by atoms with Crippen LogP contribution in [0, 0.1) is 0 Å². The van der Waals surface area contributed by atoms with E-state index in [1.54, 1.807) is 30.7 Å². The lowest BCUT2D eigenvalue weighted by Crippen LogP contribution is -2.09. The molecule has 0 aliphatic rings. The summed E-state index contributed by atoms with van der Waals surface area (Å²) in [5, 5.41) is 0. The highest BCUT2D eigenvalue weighted by molar-refractivity contribution is 5.94. The van der Waals surface area contributed by atoms with Crippen molar-refractivity contribution >= 4 is 5.91 Å². The van der Waals surface area contributed by atoms with Gasteiger partial charge >= 0.3 is 0 Å². The third-order valence-corrected chi connectivity index (χ3v) is 1.67. The predicted octanol–water partition coefficient (Wildman–Crippen LogP) is 1.50. The number of nitrogens with one attached hydrogen (secondary N) is 1. The molecule has 2 rings (SSSR count). The Morgan fingerprint density at radius 3 is 2.58 bits per heavy atom. The van der Waals surface area contributed by atoms with Crippen LogP contribution in [0.2, 0.25) is 0 Å². The zero-order chi connectivity index (χ0) is 8.39. The summed E-state index contributed by atoms with van der Waals surface area (Å²) in [5.41, 5.74) is 0.603. The van der Waals surface area contributed by atoms with Gasteiger partial charge in [0, 0.05) is 18.6 Å². The fraction of sp³-hybridized carbons (Fsp3) is 0. The van der Waals surface area contributed by atoms with Crippen molar-refractivity contribution in [1.82, 2.24) is 9.55 Å². The molecule has 1 N–H and O–H groups in total. The van der Waals surface area contributed by atoms with Crippen molar-refractivity contribution in [3.63, 3.8) is 0 Å². The van der Waals surface area contributed by atoms with E-state index in [1.807, 2.05) is 12.1 Å². The van der Waals surface area contributed by atoms with Gasteiger partial charge in [-0.25, -0.2) is 0 Å². The maximum atomic E-state index is 11.5. The summed E-state index contributed by atoms with van der Waals surface area (Å²) in [4.78, 5) is 14.4. The number of carbonyl (C=O) groups is 1. The summed E-state index contributed by atoms with van der Waals surface area (Å²) in [5.74, 6) is -0.0370. The third kappa shape index (κ3) is 1.05. The number of carbonyl (C=O) groups excluding carboxylic acids is 1. The summed E-state index contributed by atoms with van der Waals surface area (Å²) in [7, 11) is 0. The van der Waals surface area contributed by atoms with Crippen molar-refractivity contribution in [2.24, 2.45) is 0 Å². The first-order valence-corrected chi connectivity index (χ1v) is 3.69. The van der Waals surface area contributed by atoms with Gasteiger partial charge < -0.3 is 4.98 Å². The molecule has 0 radical (unpaired) electrons. The average Bonchev–Trinajstić information content (AvgIpc) is 2.77. The van der Waals surface area contributed by atoms with Crippen LogP contribution in [0.25, 0.3) is 0 Å². The minimum atomic E-state index is -0.0370. The van der Waals surface area contributed by atoms with Crippen LogP contribution in [0.1, 0.15) is 10.5 Å². The molecule has 60 valence electrons. The van der Waals surface area contributed by atoms with E-state index in [0.29, 0.717) is 5.69 Å². The largest absolute Gasteiger partial charge is 0.357 e. The Morgan fingerprint density at radius 2 is 2.00 bits per heavy atom. The first kappa shape index (κ1) is 6.91. The van der Waals surface area contributed by atoms with Gasteiger partial charge in [0.1, 0.15) is 5.69 Å². The minimum Gasteiger partial charge on any atom is -0.357 e. The summed E-state index contributed by atoms with van der Waals surface area (Å²) in [6.45, 7) is 0. The number of aromatic amines is 1. The van der Waals surface area contributed by atoms with Crippen LogP contribution in [0.4, 0.5) is 0 Å². The summed E-state index contributed by atoms with van der Waals surface area (Å²) in [6.07, 6.45) is 5.18. The van der Waals surface area contributed by atoms with Crippen LogP contribution in [-0.4, -0.2) is 15.5 Å². The second kappa shape index (κ2) is 2.70. The van der Waals surface area contributed by atoms with Gasteiger partial charge in [-0.05, 0) is 24.3 Å². The molecule has 0 unspecified atom stereocenters. The van der Waals surface area contributed by atoms with Crippen molar-refractivity contribution in [2.45, 2.75) is 0 Å². The van der Waals surface area contributed by atoms with Crippen LogP contribution in [0.15, 0.2) is 42.9 Å². The van der Waals surface area contributed by atoms with E-state index in [4.69, 9.17) is 0 Å². The van der Waals surface area contributed by atoms with Crippen LogP contribution in [-0.2, 0) is 0 Å². The van der Waals surface area contributed by atoms with Crippen molar-refractivity contribution in [3.05, 3.63) is 48.5 Å². The van der Waals surface area contributed by atoms with Crippen LogP contribution in [0.5, 0.6) is 0 Å². The normalized spacial score (nSPS) is 10.0. The molecular weight excluding hydrogens is 152 g/mol. The van der Waals surface area contributed by atoms with Gasteiger partial charge in [0.15, 0.2) is 0 Å². The molecule has 0 saturated heterocycles. The lowest BCUT2D eigenvalue weighted by atomic mass is 10.4. The highest BCUT2D eigenvalue weighted by Gasteiger charge is 2.05. The summed E-state index contributed by atoms with van der Waals surface area (Å²) in [6, 6.07) is 7.20. The fourth-order valence-electron chi connectivity index (χ4n) is 1.07. The van der Waals surface area contributed by atoms with E-state index in [2.05, 4.69) is 4.98 Å². The van der Waals surface area contributed by atoms with Crippen LogP contribution >= 0.6 is 0 Å². The van der Waals surface area contributed by atoms with E-state index >= 15 is 0 Å². The molecule has 0 atom stereocenters. The number of aromatic nitrogens is 2. The van der Waals surface area contributed by atoms with Gasteiger partial charge in [0.25, 0.3) is 5.91 Å². The minimum absolute atomic E-state index is 0.0370. The van der Waals surface area contributed by atoms with Crippen molar-refractivity contribution in [1.29, 1.82) is 0 Å². The lowest BCUT2D eigenvalue weighted by Gasteiger charge is -1.96. The highest BCUT2D eigenvalue weighted by Crippen LogP contribution is 1.99. The molecular formula is C9H8N2O. The highest BCUT2D eigenvalue weighted by atomic mass is 16.2. The maximum absolute atomic E-state index is 11.5. The zero-order valence-electron chi connectivity index (χ0n) is 6.40. The Bertz CT molecular complexity index is 323. The molecule has 3 nitrogen and oxygen atoms in total. The van der Waals surface area contributed by atoms with E-state index in [0.717, 1.165) is 0 Å². The van der Waals surface area contributed by atoms with Crippen LogP contribution in [0.3, 0.4) is 0 Å². The van der Waals surface area contributed by atoms with Gasteiger partial charge in [-0.1, -0.05) is 0 Å². The Balaban J connectivity index is 2.34. The lowest BCUT2D eigenvalue weighted by molar-refractivity contribution is 0.0956. The van der Waals surface area contributed by atoms with Gasteiger partial charge in [0.2, 0.25) is 0 Å². The molecule has 0 bridgehead atoms. The number of nitrogens with zero attached hydrogens (tertiary/aromatic N) is 1. The number of rotatable bonds is 1. The fourth-order valence-corrected chi connectivity index (χ4v) is 1.07. The molecule has 12 heavy (non-hydrogen) atoms. The molecule has 2 aromatic heterocycles. The monoisotopic (exact) mass is 160 g/mol. The number of H-pyrrole nitrogens is 1. The molecule has 0 aliphatic heterocycles. The standard InChI is InChI=1S/C9H8N2O/c12-9(8-4-3-5-10-8)11-6-1-2-7-11/h1-7,10H. The summed E-state index contributed by atoms with van der Waals surface area (Å²) >= 11 is 0. The molecule has 0 amide bonds.